The molecule has 0 N–H and O–H groups in total. The summed E-state index contributed by atoms with van der Waals surface area (Å²) in [4.78, 5) is 26.7. The fourth-order valence-electron chi connectivity index (χ4n) is 5.09. The second-order valence-corrected chi connectivity index (χ2v) is 8.31. The van der Waals surface area contributed by atoms with Crippen LogP contribution < -0.4 is 9.47 Å². The van der Waals surface area contributed by atoms with Crippen molar-refractivity contribution in [3.63, 3.8) is 0 Å². The second kappa shape index (κ2) is 6.53. The van der Waals surface area contributed by atoms with Gasteiger partial charge in [-0.15, -0.1) is 0 Å². The summed E-state index contributed by atoms with van der Waals surface area (Å²) in [6.07, 6.45) is 0. The van der Waals surface area contributed by atoms with Gasteiger partial charge in [0.2, 0.25) is 0 Å². The molecule has 0 bridgehead atoms. The monoisotopic (exact) mass is 448 g/mol. The summed E-state index contributed by atoms with van der Waals surface area (Å²) in [6, 6.07) is 10.2. The van der Waals surface area contributed by atoms with Crippen LogP contribution in [-0.2, 0) is 19.1 Å². The quantitative estimate of drug-likeness (QED) is 0.650. The molecule has 3 aliphatic rings. The molecule has 156 valence electrons. The van der Waals surface area contributed by atoms with Gasteiger partial charge in [-0.2, -0.15) is 0 Å². The Morgan fingerprint density at radius 1 is 0.833 bits per heavy atom. The van der Waals surface area contributed by atoms with E-state index in [4.69, 9.17) is 42.1 Å². The van der Waals surface area contributed by atoms with Gasteiger partial charge >= 0.3 is 11.9 Å². The molecular formula is C22H18Cl2O6. The molecule has 2 aromatic carbocycles. The lowest BCUT2D eigenvalue weighted by atomic mass is 9.48. The zero-order valence-corrected chi connectivity index (χ0v) is 17.8. The largest absolute Gasteiger partial charge is 0.470 e. The van der Waals surface area contributed by atoms with E-state index < -0.39 is 35.0 Å². The maximum atomic E-state index is 13.4. The van der Waals surface area contributed by atoms with Crippen molar-refractivity contribution in [3.8, 4) is 11.5 Å². The molecule has 1 fully saturated rings. The highest BCUT2D eigenvalue weighted by Crippen LogP contribution is 2.74. The van der Waals surface area contributed by atoms with Gasteiger partial charge in [-0.05, 0) is 50.2 Å². The van der Waals surface area contributed by atoms with E-state index in [-0.39, 0.29) is 13.2 Å². The number of carbonyl (C=O) groups excluding carboxylic acids is 2. The summed E-state index contributed by atoms with van der Waals surface area (Å²) >= 11 is 12.5. The molecule has 0 radical (unpaired) electrons. The van der Waals surface area contributed by atoms with Gasteiger partial charge < -0.3 is 18.9 Å². The summed E-state index contributed by atoms with van der Waals surface area (Å²) in [7, 11) is 0. The van der Waals surface area contributed by atoms with Crippen molar-refractivity contribution in [1.82, 2.24) is 0 Å². The summed E-state index contributed by atoms with van der Waals surface area (Å²) in [6.45, 7) is 3.63. The maximum absolute atomic E-state index is 13.4. The molecule has 30 heavy (non-hydrogen) atoms. The van der Waals surface area contributed by atoms with Gasteiger partial charge in [-0.25, -0.2) is 9.59 Å². The second-order valence-electron chi connectivity index (χ2n) is 7.44. The van der Waals surface area contributed by atoms with Crippen LogP contribution in [-0.4, -0.2) is 36.4 Å². The van der Waals surface area contributed by atoms with Gasteiger partial charge in [0.1, 0.15) is 11.5 Å². The average Bonchev–Trinajstić information content (AvgIpc) is 3.15. The van der Waals surface area contributed by atoms with Crippen LogP contribution in [0.4, 0.5) is 0 Å². The van der Waals surface area contributed by atoms with E-state index in [0.29, 0.717) is 21.5 Å². The lowest BCUT2D eigenvalue weighted by molar-refractivity contribution is -0.231. The zero-order valence-electron chi connectivity index (χ0n) is 16.2. The standard InChI is InChI=1S/C22H18Cl2O6/c1-3-27-19(25)21-17(13-9-11(23)5-7-15(13)29-21)18-14-10-12(24)6-8-16(14)30-22(18,21)20(26)28-4-2/h5-10,17-18H,3-4H2,1-2H3/t17-,18+,21+,22-. The van der Waals surface area contributed by atoms with E-state index >= 15 is 0 Å². The molecule has 0 unspecified atom stereocenters. The number of carbonyl (C=O) groups is 2. The Morgan fingerprint density at radius 3 is 1.60 bits per heavy atom. The third kappa shape index (κ3) is 2.16. The molecule has 5 rings (SSSR count). The van der Waals surface area contributed by atoms with E-state index in [1.165, 1.54) is 0 Å². The van der Waals surface area contributed by atoms with E-state index in [2.05, 4.69) is 0 Å². The van der Waals surface area contributed by atoms with Gasteiger partial charge in [-0.1, -0.05) is 23.2 Å². The predicted octanol–water partition coefficient (Wildman–Crippen LogP) is 4.26. The molecule has 0 spiro atoms. The van der Waals surface area contributed by atoms with E-state index in [1.54, 1.807) is 50.2 Å². The van der Waals surface area contributed by atoms with Crippen molar-refractivity contribution >= 4 is 35.1 Å². The van der Waals surface area contributed by atoms with Gasteiger partial charge in [-0.3, -0.25) is 0 Å². The number of esters is 2. The van der Waals surface area contributed by atoms with Crippen LogP contribution >= 0.6 is 23.2 Å². The minimum absolute atomic E-state index is 0.121. The normalized spacial score (nSPS) is 29.3. The van der Waals surface area contributed by atoms with Crippen molar-refractivity contribution < 1.29 is 28.5 Å². The molecule has 2 aromatic rings. The third-order valence-corrected chi connectivity index (χ3v) is 6.54. The number of hydrogen-bond acceptors (Lipinski definition) is 6. The van der Waals surface area contributed by atoms with Gasteiger partial charge in [0, 0.05) is 21.2 Å². The minimum atomic E-state index is -1.72. The molecule has 6 nitrogen and oxygen atoms in total. The van der Waals surface area contributed by atoms with Gasteiger partial charge in [0.05, 0.1) is 25.0 Å². The Bertz CT molecular complexity index is 1000. The first-order valence-corrected chi connectivity index (χ1v) is 10.5. The molecule has 1 aliphatic carbocycles. The lowest BCUT2D eigenvalue weighted by Crippen LogP contribution is -2.81. The molecule has 8 heteroatoms. The van der Waals surface area contributed by atoms with E-state index in [9.17, 15) is 9.59 Å². The fraction of sp³-hybridized carbons (Fsp3) is 0.364. The highest BCUT2D eigenvalue weighted by molar-refractivity contribution is 6.31. The van der Waals surface area contributed by atoms with Crippen LogP contribution in [0.15, 0.2) is 36.4 Å². The molecule has 0 saturated heterocycles. The highest BCUT2D eigenvalue weighted by Gasteiger charge is 2.90. The molecule has 0 aromatic heterocycles. The number of benzene rings is 2. The fourth-order valence-corrected chi connectivity index (χ4v) is 5.45. The third-order valence-electron chi connectivity index (χ3n) is 6.07. The van der Waals surface area contributed by atoms with Gasteiger partial charge in [0.15, 0.2) is 0 Å². The number of fused-ring (bicyclic) bond motifs is 8. The zero-order chi connectivity index (χ0) is 21.3. The van der Waals surface area contributed by atoms with Crippen LogP contribution in [0.3, 0.4) is 0 Å². The van der Waals surface area contributed by atoms with Gasteiger partial charge in [0.25, 0.3) is 11.2 Å². The first-order chi connectivity index (χ1) is 14.4. The van der Waals surface area contributed by atoms with Crippen molar-refractivity contribution in [2.45, 2.75) is 36.9 Å². The van der Waals surface area contributed by atoms with Crippen LogP contribution in [0.25, 0.3) is 0 Å². The number of halogens is 2. The first kappa shape index (κ1) is 19.5. The predicted molar refractivity (Wildman–Crippen MR) is 108 cm³/mol. The Hall–Kier alpha value is -2.44. The maximum Gasteiger partial charge on any atom is 0.356 e. The van der Waals surface area contributed by atoms with Crippen LogP contribution in [0.5, 0.6) is 11.5 Å². The molecule has 4 atom stereocenters. The molecule has 2 aliphatic heterocycles. The van der Waals surface area contributed by atoms with Crippen LogP contribution in [0.1, 0.15) is 36.8 Å². The molecule has 1 saturated carbocycles. The summed E-state index contributed by atoms with van der Waals surface area (Å²) in [5.74, 6) is -1.52. The average molecular weight is 449 g/mol. The smallest absolute Gasteiger partial charge is 0.356 e. The topological polar surface area (TPSA) is 71.1 Å². The van der Waals surface area contributed by atoms with Crippen molar-refractivity contribution in [1.29, 1.82) is 0 Å². The molecule has 2 heterocycles. The van der Waals surface area contributed by atoms with Crippen molar-refractivity contribution in [2.75, 3.05) is 13.2 Å². The number of ether oxygens (including phenoxy) is 4. The van der Waals surface area contributed by atoms with Crippen LogP contribution in [0, 0.1) is 0 Å². The van der Waals surface area contributed by atoms with E-state index in [1.807, 2.05) is 0 Å². The molecular weight excluding hydrogens is 431 g/mol. The van der Waals surface area contributed by atoms with Crippen LogP contribution in [0.2, 0.25) is 10.0 Å². The number of rotatable bonds is 4. The highest BCUT2D eigenvalue weighted by atomic mass is 35.5. The Morgan fingerprint density at radius 2 is 1.23 bits per heavy atom. The van der Waals surface area contributed by atoms with E-state index in [0.717, 1.165) is 11.1 Å². The van der Waals surface area contributed by atoms with Crippen molar-refractivity contribution in [3.05, 3.63) is 57.6 Å². The summed E-state index contributed by atoms with van der Waals surface area (Å²) < 4.78 is 23.2. The first-order valence-electron chi connectivity index (χ1n) is 9.72. The Balaban J connectivity index is 1.77. The molecule has 0 amide bonds. The SMILES string of the molecule is CCOC(=O)[C@@]12Oc3ccc(Cl)cc3[C@@H]1[C@@H]1c3cc(Cl)ccc3O[C@@]12C(=O)OCC. The Kier molecular flexibility index (Phi) is 4.25. The number of hydrogen-bond donors (Lipinski definition) is 0. The summed E-state index contributed by atoms with van der Waals surface area (Å²) in [5, 5.41) is 0.992. The summed E-state index contributed by atoms with van der Waals surface area (Å²) in [5.41, 5.74) is -2.01. The van der Waals surface area contributed by atoms with Crippen molar-refractivity contribution in [2.24, 2.45) is 0 Å². The minimum Gasteiger partial charge on any atom is -0.470 e. The Labute approximate surface area is 183 Å². The lowest BCUT2D eigenvalue weighted by Gasteiger charge is -2.56.